The van der Waals surface area contributed by atoms with Crippen LogP contribution < -0.4 is 10.3 Å². The molecule has 0 unspecified atom stereocenters. The summed E-state index contributed by atoms with van der Waals surface area (Å²) in [6.07, 6.45) is 5.71. The van der Waals surface area contributed by atoms with Gasteiger partial charge in [0.25, 0.3) is 5.56 Å². The summed E-state index contributed by atoms with van der Waals surface area (Å²) in [4.78, 5) is 21.4. The van der Waals surface area contributed by atoms with E-state index in [0.717, 1.165) is 74.5 Å². The number of H-pyrrole nitrogens is 1. The van der Waals surface area contributed by atoms with E-state index in [1.807, 2.05) is 35.9 Å². The molecule has 1 aliphatic heterocycles. The van der Waals surface area contributed by atoms with Gasteiger partial charge in [0.1, 0.15) is 11.8 Å². The number of fused-ring (bicyclic) bond motifs is 1. The number of nitrogens with zero attached hydrogens (tertiary/aromatic N) is 6. The van der Waals surface area contributed by atoms with E-state index < -0.39 is 0 Å². The Morgan fingerprint density at radius 3 is 2.65 bits per heavy atom. The van der Waals surface area contributed by atoms with Crippen molar-refractivity contribution in [2.24, 2.45) is 0 Å². The molecule has 0 bridgehead atoms. The first-order valence-corrected chi connectivity index (χ1v) is 12.7. The molecule has 1 saturated carbocycles. The minimum atomic E-state index is -0.289. The molecule has 1 saturated heterocycles. The standard InChI is InChI=1S/C25H35N7O2/c1-3-11-30-12-14-31(15-13-30)23(24-27-28-29-32(24)19-7-5-6-8-19)21-17-18-16-20(34-4-2)9-10-22(18)26-25(21)33/h9-10,16-17,19,23H,3-8,11-15H2,1-2H3,(H,26,33)/t23-/m1/s1. The number of ether oxygens (including phenoxy) is 1. The van der Waals surface area contributed by atoms with E-state index in [1.54, 1.807) is 0 Å². The molecule has 0 amide bonds. The van der Waals surface area contributed by atoms with Crippen LogP contribution in [-0.2, 0) is 0 Å². The smallest absolute Gasteiger partial charge is 0.253 e. The maximum Gasteiger partial charge on any atom is 0.253 e. The molecule has 1 atom stereocenters. The largest absolute Gasteiger partial charge is 0.494 e. The van der Waals surface area contributed by atoms with Crippen molar-refractivity contribution in [3.8, 4) is 5.75 Å². The third kappa shape index (κ3) is 4.59. The van der Waals surface area contributed by atoms with Crippen LogP contribution in [0.4, 0.5) is 0 Å². The van der Waals surface area contributed by atoms with Crippen LogP contribution in [0, 0.1) is 0 Å². The summed E-state index contributed by atoms with van der Waals surface area (Å²) in [5.74, 6) is 1.58. The van der Waals surface area contributed by atoms with E-state index in [9.17, 15) is 4.79 Å². The number of nitrogens with one attached hydrogen (secondary N) is 1. The Morgan fingerprint density at radius 2 is 1.91 bits per heavy atom. The molecule has 9 heteroatoms. The average Bonchev–Trinajstić information content (AvgIpc) is 3.53. The van der Waals surface area contributed by atoms with E-state index in [-0.39, 0.29) is 11.6 Å². The van der Waals surface area contributed by atoms with Crippen LogP contribution in [0.15, 0.2) is 29.1 Å². The number of pyridine rings is 1. The SMILES string of the molecule is CCCN1CCN([C@H](c2cc3cc(OCC)ccc3[nH]c2=O)c2nnnn2C2CCCC2)CC1. The van der Waals surface area contributed by atoms with Crippen molar-refractivity contribution in [1.29, 1.82) is 0 Å². The van der Waals surface area contributed by atoms with Crippen LogP contribution in [0.1, 0.15) is 69.4 Å². The van der Waals surface area contributed by atoms with Gasteiger partial charge in [0.15, 0.2) is 5.82 Å². The van der Waals surface area contributed by atoms with Crippen LogP contribution in [0.5, 0.6) is 5.75 Å². The molecule has 3 aromatic rings. The highest BCUT2D eigenvalue weighted by Crippen LogP contribution is 2.34. The second kappa shape index (κ2) is 10.2. The maximum absolute atomic E-state index is 13.4. The van der Waals surface area contributed by atoms with Gasteiger partial charge in [-0.2, -0.15) is 0 Å². The lowest BCUT2D eigenvalue weighted by molar-refractivity contribution is 0.103. The second-order valence-corrected chi connectivity index (χ2v) is 9.44. The molecular formula is C25H35N7O2. The number of aromatic nitrogens is 5. The van der Waals surface area contributed by atoms with E-state index >= 15 is 0 Å². The van der Waals surface area contributed by atoms with Gasteiger partial charge in [0.05, 0.1) is 12.6 Å². The summed E-state index contributed by atoms with van der Waals surface area (Å²) >= 11 is 0. The fourth-order valence-corrected chi connectivity index (χ4v) is 5.51. The number of piperazine rings is 1. The van der Waals surface area contributed by atoms with Crippen molar-refractivity contribution in [2.75, 3.05) is 39.3 Å². The Labute approximate surface area is 200 Å². The first-order chi connectivity index (χ1) is 16.7. The number of hydrogen-bond acceptors (Lipinski definition) is 7. The minimum Gasteiger partial charge on any atom is -0.494 e. The van der Waals surface area contributed by atoms with Crippen LogP contribution in [0.25, 0.3) is 10.9 Å². The number of aromatic amines is 1. The fraction of sp³-hybridized carbons (Fsp3) is 0.600. The Kier molecular flexibility index (Phi) is 6.92. The molecule has 2 aromatic heterocycles. The molecule has 0 radical (unpaired) electrons. The van der Waals surface area contributed by atoms with Gasteiger partial charge < -0.3 is 14.6 Å². The molecule has 5 rings (SSSR count). The lowest BCUT2D eigenvalue weighted by atomic mass is 10.0. The zero-order chi connectivity index (χ0) is 23.5. The molecule has 34 heavy (non-hydrogen) atoms. The molecule has 1 N–H and O–H groups in total. The lowest BCUT2D eigenvalue weighted by Gasteiger charge is -2.38. The first-order valence-electron chi connectivity index (χ1n) is 12.7. The molecular weight excluding hydrogens is 430 g/mol. The highest BCUT2D eigenvalue weighted by atomic mass is 16.5. The van der Waals surface area contributed by atoms with Crippen molar-refractivity contribution >= 4 is 10.9 Å². The Balaban J connectivity index is 1.57. The van der Waals surface area contributed by atoms with Gasteiger partial charge in [-0.15, -0.1) is 5.10 Å². The number of hydrogen-bond donors (Lipinski definition) is 1. The molecule has 2 fully saturated rings. The number of tetrazole rings is 1. The second-order valence-electron chi connectivity index (χ2n) is 9.44. The maximum atomic E-state index is 13.4. The molecule has 0 spiro atoms. The van der Waals surface area contributed by atoms with E-state index in [1.165, 1.54) is 12.8 Å². The van der Waals surface area contributed by atoms with Gasteiger partial charge in [-0.1, -0.05) is 19.8 Å². The highest BCUT2D eigenvalue weighted by molar-refractivity contribution is 5.80. The van der Waals surface area contributed by atoms with Gasteiger partial charge in [0, 0.05) is 42.6 Å². The molecule has 182 valence electrons. The van der Waals surface area contributed by atoms with E-state index in [2.05, 4.69) is 37.2 Å². The van der Waals surface area contributed by atoms with Crippen LogP contribution in [0.2, 0.25) is 0 Å². The topological polar surface area (TPSA) is 92.2 Å². The lowest BCUT2D eigenvalue weighted by Crippen LogP contribution is -2.49. The summed E-state index contributed by atoms with van der Waals surface area (Å²) in [6.45, 7) is 9.61. The highest BCUT2D eigenvalue weighted by Gasteiger charge is 2.34. The normalized spacial score (nSPS) is 19.1. The van der Waals surface area contributed by atoms with Crippen LogP contribution in [-0.4, -0.2) is 74.3 Å². The van der Waals surface area contributed by atoms with Crippen LogP contribution >= 0.6 is 0 Å². The van der Waals surface area contributed by atoms with Crippen molar-refractivity contribution < 1.29 is 4.74 Å². The number of rotatable bonds is 8. The molecule has 9 nitrogen and oxygen atoms in total. The third-order valence-corrected chi connectivity index (χ3v) is 7.20. The van der Waals surface area contributed by atoms with Crippen LogP contribution in [0.3, 0.4) is 0 Å². The average molecular weight is 466 g/mol. The summed E-state index contributed by atoms with van der Waals surface area (Å²) in [7, 11) is 0. The Hall–Kier alpha value is -2.78. The molecule has 3 heterocycles. The van der Waals surface area contributed by atoms with Crippen molar-refractivity contribution in [2.45, 2.75) is 58.0 Å². The van der Waals surface area contributed by atoms with Crippen molar-refractivity contribution in [3.05, 3.63) is 46.0 Å². The third-order valence-electron chi connectivity index (χ3n) is 7.20. The van der Waals surface area contributed by atoms with E-state index in [4.69, 9.17) is 4.74 Å². The summed E-state index contributed by atoms with van der Waals surface area (Å²) < 4.78 is 7.71. The first kappa shape index (κ1) is 23.0. The van der Waals surface area contributed by atoms with Crippen molar-refractivity contribution in [1.82, 2.24) is 35.0 Å². The van der Waals surface area contributed by atoms with Gasteiger partial charge in [-0.25, -0.2) is 4.68 Å². The van der Waals surface area contributed by atoms with Gasteiger partial charge in [-0.05, 0) is 67.4 Å². The monoisotopic (exact) mass is 465 g/mol. The summed E-state index contributed by atoms with van der Waals surface area (Å²) in [5.41, 5.74) is 1.41. The zero-order valence-electron chi connectivity index (χ0n) is 20.2. The number of benzene rings is 1. The van der Waals surface area contributed by atoms with Gasteiger partial charge in [-0.3, -0.25) is 9.69 Å². The fourth-order valence-electron chi connectivity index (χ4n) is 5.51. The zero-order valence-corrected chi connectivity index (χ0v) is 20.2. The quantitative estimate of drug-likeness (QED) is 0.546. The Bertz CT molecular complexity index is 1160. The Morgan fingerprint density at radius 1 is 1.12 bits per heavy atom. The molecule has 1 aliphatic carbocycles. The van der Waals surface area contributed by atoms with E-state index in [0.29, 0.717) is 18.2 Å². The predicted molar refractivity (Wildman–Crippen MR) is 131 cm³/mol. The minimum absolute atomic E-state index is 0.0846. The van der Waals surface area contributed by atoms with Crippen molar-refractivity contribution in [3.63, 3.8) is 0 Å². The summed E-state index contributed by atoms with van der Waals surface area (Å²) in [5, 5.41) is 13.9. The molecule has 2 aliphatic rings. The van der Waals surface area contributed by atoms with Gasteiger partial charge >= 0.3 is 0 Å². The summed E-state index contributed by atoms with van der Waals surface area (Å²) in [6, 6.07) is 7.82. The van der Waals surface area contributed by atoms with Gasteiger partial charge in [0.2, 0.25) is 0 Å². The molecule has 1 aromatic carbocycles. The predicted octanol–water partition coefficient (Wildman–Crippen LogP) is 3.15.